The molecule has 3 N–H and O–H groups in total. The minimum absolute atomic E-state index is 0. The maximum absolute atomic E-state index is 13.5. The topological polar surface area (TPSA) is 115 Å². The van der Waals surface area contributed by atoms with E-state index >= 15 is 0 Å². The first-order valence-electron chi connectivity index (χ1n) is 16.2. The molecular formula is C34H45Br4ClF2N6O4. The number of carbonyl (C=O) groups excluding carboxylic acids is 3. The number of nitrogens with two attached hydrogens (primary N) is 1. The second kappa shape index (κ2) is 18.1. The number of fused-ring (bicyclic) bond motifs is 2. The smallest absolute Gasteiger partial charge is 0.407 e. The van der Waals surface area contributed by atoms with Gasteiger partial charge in [0.25, 0.3) is 11.8 Å². The Labute approximate surface area is 337 Å². The zero-order valence-corrected chi connectivity index (χ0v) is 35.1. The van der Waals surface area contributed by atoms with Gasteiger partial charge in [0.2, 0.25) is 0 Å². The Morgan fingerprint density at radius 2 is 1.24 bits per heavy atom. The molecule has 0 bridgehead atoms. The van der Waals surface area contributed by atoms with Gasteiger partial charge in [-0.25, -0.2) is 13.6 Å². The Kier molecular flexibility index (Phi) is 15.5. The molecule has 0 aromatic carbocycles. The predicted molar refractivity (Wildman–Crippen MR) is 211 cm³/mol. The van der Waals surface area contributed by atoms with E-state index in [9.17, 15) is 23.2 Å². The highest BCUT2D eigenvalue weighted by Gasteiger charge is 2.41. The van der Waals surface area contributed by atoms with Crippen LogP contribution in [0.25, 0.3) is 0 Å². The zero-order chi connectivity index (χ0) is 35.8. The number of alkyl carbamates (subject to hydrolysis) is 1. The lowest BCUT2D eigenvalue weighted by atomic mass is 10.0. The first-order chi connectivity index (χ1) is 23.2. The first-order valence-corrected chi connectivity index (χ1v) is 19.4. The molecule has 4 heterocycles. The van der Waals surface area contributed by atoms with Crippen LogP contribution in [0.5, 0.6) is 0 Å². The van der Waals surface area contributed by atoms with Gasteiger partial charge in [0, 0.05) is 62.5 Å². The van der Waals surface area contributed by atoms with Crippen molar-refractivity contribution in [1.29, 1.82) is 0 Å². The number of nitrogens with one attached hydrogen (secondary N) is 1. The number of carbonyl (C=O) groups is 3. The fourth-order valence-corrected chi connectivity index (χ4v) is 9.29. The summed E-state index contributed by atoms with van der Waals surface area (Å²) in [6.07, 6.45) is 6.31. The van der Waals surface area contributed by atoms with Crippen molar-refractivity contribution < 1.29 is 27.9 Å². The van der Waals surface area contributed by atoms with E-state index in [2.05, 4.69) is 69.0 Å². The quantitative estimate of drug-likeness (QED) is 0.262. The summed E-state index contributed by atoms with van der Waals surface area (Å²) in [5, 5.41) is 2.56. The van der Waals surface area contributed by atoms with E-state index in [-0.39, 0.29) is 51.3 Å². The van der Waals surface area contributed by atoms with Crippen molar-refractivity contribution in [3.8, 4) is 0 Å². The summed E-state index contributed by atoms with van der Waals surface area (Å²) in [5.74, 6) is 0.0938. The zero-order valence-electron chi connectivity index (χ0n) is 28.0. The van der Waals surface area contributed by atoms with Crippen LogP contribution in [0.2, 0.25) is 0 Å². The summed E-state index contributed by atoms with van der Waals surface area (Å²) in [6.45, 7) is 7.44. The molecule has 2 fully saturated rings. The first kappa shape index (κ1) is 43.7. The van der Waals surface area contributed by atoms with Gasteiger partial charge in [-0.3, -0.25) is 9.59 Å². The van der Waals surface area contributed by atoms with Crippen molar-refractivity contribution >= 4 is 94.0 Å². The van der Waals surface area contributed by atoms with E-state index in [0.717, 1.165) is 65.4 Å². The van der Waals surface area contributed by atoms with Crippen LogP contribution in [0.1, 0.15) is 85.7 Å². The average Bonchev–Trinajstić information content (AvgIpc) is 3.98. The number of ether oxygens (including phenoxy) is 1. The second-order valence-corrected chi connectivity index (χ2v) is 16.6. The van der Waals surface area contributed by atoms with Crippen LogP contribution in [0, 0.1) is 0 Å². The SMILES string of the molecule is C.CC(C)(C)OC(=O)NC/C(=C\F)Cn1c(Br)c2c(c1Br)C(=O)N(C1CC1)CC2.Cl.NC/C(=C\F)Cn1c(Br)c2c(c1Br)C(=O)N(C1CC1)CC2. The predicted octanol–water partition coefficient (Wildman–Crippen LogP) is 8.60. The molecule has 6 rings (SSSR count). The number of aromatic nitrogens is 2. The van der Waals surface area contributed by atoms with E-state index < -0.39 is 11.7 Å². The molecule has 4 aliphatic rings. The van der Waals surface area contributed by atoms with Crippen molar-refractivity contribution in [2.24, 2.45) is 5.73 Å². The molecule has 2 aromatic heterocycles. The molecule has 51 heavy (non-hydrogen) atoms. The van der Waals surface area contributed by atoms with Crippen molar-refractivity contribution in [2.45, 2.75) is 97.5 Å². The van der Waals surface area contributed by atoms with Crippen LogP contribution in [0.15, 0.2) is 42.2 Å². The fourth-order valence-electron chi connectivity index (χ4n) is 5.99. The van der Waals surface area contributed by atoms with Crippen LogP contribution in [0.3, 0.4) is 0 Å². The van der Waals surface area contributed by atoms with Gasteiger partial charge >= 0.3 is 6.09 Å². The summed E-state index contributed by atoms with van der Waals surface area (Å²) in [5.41, 5.74) is 9.02. The molecule has 2 aromatic rings. The number of amides is 3. The maximum atomic E-state index is 13.5. The summed E-state index contributed by atoms with van der Waals surface area (Å²) in [7, 11) is 0. The molecule has 0 unspecified atom stereocenters. The van der Waals surface area contributed by atoms with Crippen molar-refractivity contribution in [3.05, 3.63) is 64.5 Å². The van der Waals surface area contributed by atoms with Gasteiger partial charge < -0.3 is 34.7 Å². The molecule has 0 saturated heterocycles. The largest absolute Gasteiger partial charge is 0.444 e. The van der Waals surface area contributed by atoms with Crippen molar-refractivity contribution in [3.63, 3.8) is 0 Å². The van der Waals surface area contributed by atoms with Gasteiger partial charge in [0.05, 0.1) is 42.2 Å². The van der Waals surface area contributed by atoms with E-state index in [4.69, 9.17) is 10.5 Å². The van der Waals surface area contributed by atoms with Gasteiger partial charge in [-0.1, -0.05) is 7.43 Å². The number of hydrogen-bond donors (Lipinski definition) is 2. The maximum Gasteiger partial charge on any atom is 0.407 e. The summed E-state index contributed by atoms with van der Waals surface area (Å²) in [4.78, 5) is 41.2. The Balaban J connectivity index is 0.000000274. The lowest BCUT2D eigenvalue weighted by Gasteiger charge is -2.27. The fraction of sp³-hybridized carbons (Fsp3) is 0.559. The number of hydrogen-bond acceptors (Lipinski definition) is 5. The van der Waals surface area contributed by atoms with Crippen LogP contribution in [0.4, 0.5) is 13.6 Å². The second-order valence-electron chi connectivity index (χ2n) is 13.6. The normalized spacial score (nSPS) is 17.5. The monoisotopic (exact) mass is 990 g/mol. The van der Waals surface area contributed by atoms with Gasteiger partial charge in [-0.2, -0.15) is 0 Å². The number of halogens is 7. The molecule has 2 saturated carbocycles. The van der Waals surface area contributed by atoms with E-state index in [1.807, 2.05) is 14.4 Å². The van der Waals surface area contributed by atoms with Crippen molar-refractivity contribution in [1.82, 2.24) is 24.3 Å². The van der Waals surface area contributed by atoms with Crippen LogP contribution in [-0.4, -0.2) is 80.7 Å². The summed E-state index contributed by atoms with van der Waals surface area (Å²) < 4.78 is 38.0. The lowest BCUT2D eigenvalue weighted by molar-refractivity contribution is 0.0531. The number of nitrogens with zero attached hydrogens (tertiary/aromatic N) is 4. The van der Waals surface area contributed by atoms with Crippen LogP contribution < -0.4 is 11.1 Å². The van der Waals surface area contributed by atoms with Crippen LogP contribution >= 0.6 is 76.1 Å². The molecule has 2 aliphatic carbocycles. The van der Waals surface area contributed by atoms with E-state index in [1.54, 1.807) is 25.3 Å². The highest BCUT2D eigenvalue weighted by atomic mass is 79.9. The average molecular weight is 995 g/mol. The molecule has 284 valence electrons. The minimum Gasteiger partial charge on any atom is -0.444 e. The molecular weight excluding hydrogens is 949 g/mol. The Morgan fingerprint density at radius 3 is 1.59 bits per heavy atom. The molecule has 10 nitrogen and oxygen atoms in total. The minimum atomic E-state index is -0.622. The van der Waals surface area contributed by atoms with E-state index in [0.29, 0.717) is 69.3 Å². The van der Waals surface area contributed by atoms with Gasteiger partial charge in [0.15, 0.2) is 0 Å². The van der Waals surface area contributed by atoms with Gasteiger partial charge in [-0.05, 0) is 134 Å². The third-order valence-electron chi connectivity index (χ3n) is 8.74. The molecule has 2 aliphatic heterocycles. The molecule has 3 amide bonds. The third-order valence-corrected chi connectivity index (χ3v) is 12.2. The number of rotatable bonds is 9. The highest BCUT2D eigenvalue weighted by Crippen LogP contribution is 2.41. The molecule has 0 atom stereocenters. The Morgan fingerprint density at radius 1 is 0.824 bits per heavy atom. The summed E-state index contributed by atoms with van der Waals surface area (Å²) >= 11 is 14.1. The van der Waals surface area contributed by atoms with Crippen LogP contribution in [-0.2, 0) is 30.7 Å². The molecule has 17 heteroatoms. The summed E-state index contributed by atoms with van der Waals surface area (Å²) in [6, 6.07) is 0.763. The van der Waals surface area contributed by atoms with Gasteiger partial charge in [-0.15, -0.1) is 12.4 Å². The Hall–Kier alpha value is -1.72. The van der Waals surface area contributed by atoms with E-state index in [1.165, 1.54) is 0 Å². The molecule has 0 spiro atoms. The van der Waals surface area contributed by atoms with Gasteiger partial charge in [0.1, 0.15) is 5.60 Å². The highest BCUT2D eigenvalue weighted by molar-refractivity contribution is 9.11. The standard InChI is InChI=1S/C19H24Br2FN3O3.C14H16Br2FN3O.CH4.ClH/c1-19(2,3)28-18(27)23-9-11(8-22)10-25-15(20)13-6-7-24(12-4-5-12)17(26)14(13)16(25)21;15-12-10-3-4-19(9-1-2-9)14(21)11(10)13(16)20(12)7-8(5-17)6-18;;/h8,12H,4-7,9-10H2,1-3H3,(H,23,27);5,9H,1-4,6-7,18H2;1H4;1H/b11-8+;8-5+;;. The Bertz CT molecular complexity index is 1700. The third kappa shape index (κ3) is 9.88. The molecule has 0 radical (unpaired) electrons. The van der Waals surface area contributed by atoms with Crippen molar-refractivity contribution in [2.75, 3.05) is 26.2 Å². The lowest BCUT2D eigenvalue weighted by Crippen LogP contribution is -2.38.